The van der Waals surface area contributed by atoms with Gasteiger partial charge in [0.1, 0.15) is 0 Å². The van der Waals surface area contributed by atoms with Crippen LogP contribution in [0.1, 0.15) is 56.7 Å². The molecule has 1 nitrogen and oxygen atoms in total. The van der Waals surface area contributed by atoms with Gasteiger partial charge in [0, 0.05) is 38.2 Å². The van der Waals surface area contributed by atoms with Gasteiger partial charge in [-0.1, -0.05) is 75.4 Å². The molecule has 158 valence electrons. The first-order valence-electron chi connectivity index (χ1n) is 11.6. The molecule has 0 aliphatic carbocycles. The molecule has 2 atom stereocenters. The van der Waals surface area contributed by atoms with Crippen LogP contribution >= 0.6 is 11.3 Å². The summed E-state index contributed by atoms with van der Waals surface area (Å²) in [7, 11) is 0. The van der Waals surface area contributed by atoms with E-state index in [1.807, 2.05) is 11.3 Å². The number of thiophene rings is 1. The lowest BCUT2D eigenvalue weighted by atomic mass is 9.83. The van der Waals surface area contributed by atoms with Gasteiger partial charge < -0.3 is 0 Å². The van der Waals surface area contributed by atoms with E-state index in [2.05, 4.69) is 111 Å². The average Bonchev–Trinajstić information content (AvgIpc) is 3.21. The molecule has 0 fully saturated rings. The van der Waals surface area contributed by atoms with Crippen LogP contribution in [0.2, 0.25) is 0 Å². The van der Waals surface area contributed by atoms with Crippen molar-refractivity contribution in [3.8, 4) is 22.4 Å². The molecule has 0 N–H and O–H groups in total. The Morgan fingerprint density at radius 3 is 2.47 bits per heavy atom. The van der Waals surface area contributed by atoms with Crippen LogP contribution in [-0.4, -0.2) is 0 Å². The molecule has 5 aromatic rings. The SMILES string of the molecule is CC(C)c1cc[n+]2c(c1)-c1c(ccc3c1sc1cccc(-c4ccccc4)c13)C(C)C2C. The fourth-order valence-electron chi connectivity index (χ4n) is 5.35. The summed E-state index contributed by atoms with van der Waals surface area (Å²) in [5.41, 5.74) is 8.32. The summed E-state index contributed by atoms with van der Waals surface area (Å²) in [6.45, 7) is 9.31. The molecule has 0 spiro atoms. The number of nitrogens with zero attached hydrogens (tertiary/aromatic N) is 1. The molecule has 0 saturated heterocycles. The maximum absolute atomic E-state index is 2.50. The maximum atomic E-state index is 2.50. The highest BCUT2D eigenvalue weighted by molar-refractivity contribution is 7.26. The highest BCUT2D eigenvalue weighted by Gasteiger charge is 2.36. The van der Waals surface area contributed by atoms with Gasteiger partial charge in [-0.25, -0.2) is 0 Å². The van der Waals surface area contributed by atoms with Crippen LogP contribution in [-0.2, 0) is 0 Å². The zero-order chi connectivity index (χ0) is 22.0. The predicted molar refractivity (Wildman–Crippen MR) is 138 cm³/mol. The van der Waals surface area contributed by atoms with Crippen molar-refractivity contribution >= 4 is 31.5 Å². The first-order chi connectivity index (χ1) is 15.5. The maximum Gasteiger partial charge on any atom is 0.214 e. The molecule has 2 heteroatoms. The molecular weight excluding hydrogens is 406 g/mol. The summed E-state index contributed by atoms with van der Waals surface area (Å²) in [5.74, 6) is 1.00. The molecule has 1 aliphatic rings. The third-order valence-corrected chi connectivity index (χ3v) is 8.56. The Hall–Kier alpha value is -2.97. The van der Waals surface area contributed by atoms with E-state index in [-0.39, 0.29) is 0 Å². The third-order valence-electron chi connectivity index (χ3n) is 7.37. The van der Waals surface area contributed by atoms with Gasteiger partial charge in [0.15, 0.2) is 12.2 Å². The molecule has 32 heavy (non-hydrogen) atoms. The minimum Gasteiger partial charge on any atom is -0.195 e. The van der Waals surface area contributed by atoms with E-state index in [1.54, 1.807) is 0 Å². The molecule has 1 aliphatic heterocycles. The van der Waals surface area contributed by atoms with E-state index in [0.717, 1.165) is 0 Å². The van der Waals surface area contributed by atoms with Gasteiger partial charge in [-0.2, -0.15) is 4.57 Å². The highest BCUT2D eigenvalue weighted by atomic mass is 32.1. The highest BCUT2D eigenvalue weighted by Crippen LogP contribution is 2.48. The normalized spacial score (nSPS) is 17.7. The van der Waals surface area contributed by atoms with Gasteiger partial charge in [0.05, 0.1) is 5.56 Å². The van der Waals surface area contributed by atoms with Crippen molar-refractivity contribution in [3.63, 3.8) is 0 Å². The van der Waals surface area contributed by atoms with E-state index in [4.69, 9.17) is 0 Å². The molecule has 0 bridgehead atoms. The summed E-state index contributed by atoms with van der Waals surface area (Å²) in [6.07, 6.45) is 2.32. The fourth-order valence-corrected chi connectivity index (χ4v) is 6.64. The fraction of sp³-hybridized carbons (Fsp3) is 0.233. The summed E-state index contributed by atoms with van der Waals surface area (Å²) < 4.78 is 5.29. The van der Waals surface area contributed by atoms with Crippen LogP contribution in [0.15, 0.2) is 79.0 Å². The molecule has 0 saturated carbocycles. The number of pyridine rings is 1. The van der Waals surface area contributed by atoms with Gasteiger partial charge in [-0.3, -0.25) is 0 Å². The van der Waals surface area contributed by atoms with Crippen molar-refractivity contribution in [1.29, 1.82) is 0 Å². The number of hydrogen-bond acceptors (Lipinski definition) is 1. The minimum absolute atomic E-state index is 0.449. The van der Waals surface area contributed by atoms with E-state index >= 15 is 0 Å². The average molecular weight is 435 g/mol. The van der Waals surface area contributed by atoms with Gasteiger partial charge in [-0.05, 0) is 41.2 Å². The Kier molecular flexibility index (Phi) is 4.48. The van der Waals surface area contributed by atoms with E-state index in [0.29, 0.717) is 17.9 Å². The number of rotatable bonds is 2. The van der Waals surface area contributed by atoms with Crippen molar-refractivity contribution in [2.45, 2.75) is 45.6 Å². The van der Waals surface area contributed by atoms with Crippen molar-refractivity contribution in [2.24, 2.45) is 0 Å². The first-order valence-corrected chi connectivity index (χ1v) is 12.4. The third kappa shape index (κ3) is 2.79. The van der Waals surface area contributed by atoms with Crippen LogP contribution in [0.25, 0.3) is 42.6 Å². The lowest BCUT2D eigenvalue weighted by Crippen LogP contribution is -2.45. The van der Waals surface area contributed by atoms with Crippen LogP contribution in [0.5, 0.6) is 0 Å². The molecule has 6 rings (SSSR count). The Balaban J connectivity index is 1.72. The molecule has 0 amide bonds. The van der Waals surface area contributed by atoms with Gasteiger partial charge in [-0.15, -0.1) is 11.3 Å². The molecule has 3 heterocycles. The van der Waals surface area contributed by atoms with Crippen molar-refractivity contribution in [3.05, 3.63) is 90.1 Å². The largest absolute Gasteiger partial charge is 0.214 e. The number of fused-ring (bicyclic) bond motifs is 7. The topological polar surface area (TPSA) is 3.88 Å². The van der Waals surface area contributed by atoms with E-state index in [1.165, 1.54) is 53.7 Å². The second-order valence-corrected chi connectivity index (χ2v) is 10.5. The molecule has 0 radical (unpaired) electrons. The van der Waals surface area contributed by atoms with Gasteiger partial charge in [0.25, 0.3) is 0 Å². The minimum atomic E-state index is 0.449. The Bertz CT molecular complexity index is 1480. The Morgan fingerprint density at radius 2 is 1.69 bits per heavy atom. The zero-order valence-corrected chi connectivity index (χ0v) is 19.9. The van der Waals surface area contributed by atoms with Gasteiger partial charge >= 0.3 is 0 Å². The van der Waals surface area contributed by atoms with Crippen LogP contribution in [0, 0.1) is 0 Å². The monoisotopic (exact) mass is 434 g/mol. The summed E-state index contributed by atoms with van der Waals surface area (Å²) >= 11 is 1.95. The number of benzene rings is 3. The predicted octanol–water partition coefficient (Wildman–Crippen LogP) is 8.48. The smallest absolute Gasteiger partial charge is 0.195 e. The number of aromatic nitrogens is 1. The summed E-state index contributed by atoms with van der Waals surface area (Å²) in [5, 5.41) is 2.77. The molecular formula is C30H28NS+. The van der Waals surface area contributed by atoms with Crippen molar-refractivity contribution in [2.75, 3.05) is 0 Å². The van der Waals surface area contributed by atoms with Crippen molar-refractivity contribution in [1.82, 2.24) is 0 Å². The number of hydrogen-bond donors (Lipinski definition) is 0. The van der Waals surface area contributed by atoms with E-state index < -0.39 is 0 Å². The lowest BCUT2D eigenvalue weighted by Gasteiger charge is -2.27. The second kappa shape index (κ2) is 7.28. The van der Waals surface area contributed by atoms with Crippen LogP contribution in [0.4, 0.5) is 0 Å². The Labute approximate surface area is 194 Å². The van der Waals surface area contributed by atoms with Crippen molar-refractivity contribution < 1.29 is 4.57 Å². The standard InChI is InChI=1S/C30H28NS/c1-18(2)22-15-16-31-20(4)19(3)23-13-14-25-28-24(21-9-6-5-7-10-21)11-8-12-27(28)32-30(25)29(23)26(31)17-22/h5-20H,1-4H3/q+1. The molecule has 3 aromatic carbocycles. The van der Waals surface area contributed by atoms with Crippen LogP contribution in [0.3, 0.4) is 0 Å². The van der Waals surface area contributed by atoms with Gasteiger partial charge in [0.2, 0.25) is 5.69 Å². The summed E-state index contributed by atoms with van der Waals surface area (Å²) in [6, 6.07) is 27.5. The first kappa shape index (κ1) is 19.7. The molecule has 2 aromatic heterocycles. The van der Waals surface area contributed by atoms with E-state index in [9.17, 15) is 0 Å². The quantitative estimate of drug-likeness (QED) is 0.245. The summed E-state index contributed by atoms with van der Waals surface area (Å²) in [4.78, 5) is 0. The second-order valence-electron chi connectivity index (χ2n) is 9.49. The van der Waals surface area contributed by atoms with Crippen LogP contribution < -0.4 is 4.57 Å². The zero-order valence-electron chi connectivity index (χ0n) is 19.1. The Morgan fingerprint density at radius 1 is 0.875 bits per heavy atom. The lowest BCUT2D eigenvalue weighted by molar-refractivity contribution is -0.714. The molecule has 2 unspecified atom stereocenters.